The second-order valence-electron chi connectivity index (χ2n) is 5.90. The lowest BCUT2D eigenvalue weighted by Gasteiger charge is -2.24. The zero-order chi connectivity index (χ0) is 14.8. The molecule has 1 aromatic heterocycles. The largest absolute Gasteiger partial charge is 0.385 e. The molecule has 1 heterocycles. The average molecular weight is 289 g/mol. The number of thiazole rings is 1. The van der Waals surface area contributed by atoms with E-state index in [4.69, 9.17) is 0 Å². The maximum Gasteiger partial charge on any atom is 0.168 e. The van der Waals surface area contributed by atoms with Crippen LogP contribution in [0.5, 0.6) is 0 Å². The number of hydrogen-bond acceptors (Lipinski definition) is 4. The molecule has 0 radical (unpaired) electrons. The molecule has 0 aliphatic heterocycles. The summed E-state index contributed by atoms with van der Waals surface area (Å²) in [6.45, 7) is 5.56. The molecule has 0 amide bonds. The number of benzene rings is 1. The molecule has 1 aromatic carbocycles. The van der Waals surface area contributed by atoms with Gasteiger partial charge in [-0.3, -0.25) is 4.79 Å². The predicted octanol–water partition coefficient (Wildman–Crippen LogP) is 3.33. The zero-order valence-corrected chi connectivity index (χ0v) is 12.8. The standard InChI is InChI=1S/C16H19NO2S/c1-16(2,3)15(19)13(18)9-14-17-12(10-20-14)11-7-5-4-6-8-11/h4-8,10,15,19H,9H2,1-3H3. The van der Waals surface area contributed by atoms with Gasteiger partial charge in [-0.1, -0.05) is 51.1 Å². The average Bonchev–Trinajstić information content (AvgIpc) is 2.86. The van der Waals surface area contributed by atoms with Gasteiger partial charge in [0.15, 0.2) is 5.78 Å². The molecule has 4 heteroatoms. The second-order valence-corrected chi connectivity index (χ2v) is 6.85. The van der Waals surface area contributed by atoms with Crippen LogP contribution >= 0.6 is 11.3 Å². The molecule has 0 saturated heterocycles. The summed E-state index contributed by atoms with van der Waals surface area (Å²) in [5.41, 5.74) is 1.49. The van der Waals surface area contributed by atoms with Crippen LogP contribution in [0.1, 0.15) is 25.8 Å². The number of rotatable bonds is 4. The summed E-state index contributed by atoms with van der Waals surface area (Å²) in [5, 5.41) is 12.7. The Morgan fingerprint density at radius 3 is 2.55 bits per heavy atom. The van der Waals surface area contributed by atoms with Crippen molar-refractivity contribution in [3.05, 3.63) is 40.7 Å². The highest BCUT2D eigenvalue weighted by molar-refractivity contribution is 7.10. The Hall–Kier alpha value is -1.52. The fraction of sp³-hybridized carbons (Fsp3) is 0.375. The van der Waals surface area contributed by atoms with Crippen LogP contribution in [-0.4, -0.2) is 22.0 Å². The first-order valence-corrected chi connectivity index (χ1v) is 7.46. The van der Waals surface area contributed by atoms with Crippen LogP contribution in [0.2, 0.25) is 0 Å². The summed E-state index contributed by atoms with van der Waals surface area (Å²) in [6.07, 6.45) is -0.762. The van der Waals surface area contributed by atoms with Crippen molar-refractivity contribution in [1.82, 2.24) is 4.98 Å². The molecule has 0 saturated carbocycles. The molecule has 0 fully saturated rings. The zero-order valence-electron chi connectivity index (χ0n) is 12.0. The van der Waals surface area contributed by atoms with Gasteiger partial charge < -0.3 is 5.11 Å². The highest BCUT2D eigenvalue weighted by atomic mass is 32.1. The van der Waals surface area contributed by atoms with Gasteiger partial charge in [0.05, 0.1) is 12.1 Å². The molecule has 0 aliphatic rings. The lowest BCUT2D eigenvalue weighted by atomic mass is 9.86. The van der Waals surface area contributed by atoms with Crippen LogP contribution in [0.3, 0.4) is 0 Å². The van der Waals surface area contributed by atoms with Crippen LogP contribution < -0.4 is 0 Å². The number of Topliss-reactive ketones (excluding diaryl/α,β-unsaturated/α-hetero) is 1. The number of ketones is 1. The maximum atomic E-state index is 12.0. The molecular formula is C16H19NO2S. The molecule has 3 nitrogen and oxygen atoms in total. The van der Waals surface area contributed by atoms with Crippen molar-refractivity contribution >= 4 is 17.1 Å². The summed E-state index contributed by atoms with van der Waals surface area (Å²) in [5.74, 6) is -0.175. The van der Waals surface area contributed by atoms with E-state index in [0.29, 0.717) is 0 Å². The fourth-order valence-corrected chi connectivity index (χ4v) is 2.68. The Bertz CT molecular complexity index is 584. The van der Waals surface area contributed by atoms with E-state index in [1.807, 2.05) is 56.5 Å². The van der Waals surface area contributed by atoms with Gasteiger partial charge in [0, 0.05) is 10.9 Å². The Balaban J connectivity index is 2.09. The van der Waals surface area contributed by atoms with E-state index in [2.05, 4.69) is 4.98 Å². The Morgan fingerprint density at radius 2 is 1.95 bits per heavy atom. The fourth-order valence-electron chi connectivity index (χ4n) is 1.86. The minimum atomic E-state index is -0.952. The van der Waals surface area contributed by atoms with Crippen LogP contribution in [0.4, 0.5) is 0 Å². The molecule has 2 aromatic rings. The van der Waals surface area contributed by atoms with Crippen molar-refractivity contribution in [2.75, 3.05) is 0 Å². The normalized spacial score (nSPS) is 13.2. The maximum absolute atomic E-state index is 12.0. The van der Waals surface area contributed by atoms with Crippen LogP contribution in [-0.2, 0) is 11.2 Å². The van der Waals surface area contributed by atoms with E-state index >= 15 is 0 Å². The summed E-state index contributed by atoms with van der Waals surface area (Å²) >= 11 is 1.46. The van der Waals surface area contributed by atoms with E-state index in [1.165, 1.54) is 11.3 Å². The SMILES string of the molecule is CC(C)(C)C(O)C(=O)Cc1nc(-c2ccccc2)cs1. The lowest BCUT2D eigenvalue weighted by molar-refractivity contribution is -0.131. The molecule has 1 unspecified atom stereocenters. The van der Waals surface area contributed by atoms with Gasteiger partial charge >= 0.3 is 0 Å². The van der Waals surface area contributed by atoms with Gasteiger partial charge in [-0.05, 0) is 5.41 Å². The third-order valence-electron chi connectivity index (χ3n) is 3.07. The summed E-state index contributed by atoms with van der Waals surface area (Å²) < 4.78 is 0. The Kier molecular flexibility index (Phi) is 4.35. The molecule has 106 valence electrons. The summed E-state index contributed by atoms with van der Waals surface area (Å²) in [7, 11) is 0. The first-order valence-electron chi connectivity index (χ1n) is 6.58. The summed E-state index contributed by atoms with van der Waals surface area (Å²) in [6, 6.07) is 9.86. The molecule has 1 atom stereocenters. The second kappa shape index (κ2) is 5.85. The number of nitrogens with zero attached hydrogens (tertiary/aromatic N) is 1. The van der Waals surface area contributed by atoms with Crippen molar-refractivity contribution in [2.45, 2.75) is 33.3 Å². The van der Waals surface area contributed by atoms with Crippen molar-refractivity contribution in [3.8, 4) is 11.3 Å². The molecule has 20 heavy (non-hydrogen) atoms. The number of carbonyl (C=O) groups excluding carboxylic acids is 1. The van der Waals surface area contributed by atoms with E-state index in [0.717, 1.165) is 16.3 Å². The third-order valence-corrected chi connectivity index (χ3v) is 3.92. The van der Waals surface area contributed by atoms with E-state index in [1.54, 1.807) is 0 Å². The van der Waals surface area contributed by atoms with Gasteiger partial charge in [0.25, 0.3) is 0 Å². The van der Waals surface area contributed by atoms with Crippen LogP contribution in [0.25, 0.3) is 11.3 Å². The monoisotopic (exact) mass is 289 g/mol. The molecule has 0 bridgehead atoms. The smallest absolute Gasteiger partial charge is 0.168 e. The number of aromatic nitrogens is 1. The van der Waals surface area contributed by atoms with E-state index < -0.39 is 11.5 Å². The first-order chi connectivity index (χ1) is 9.38. The van der Waals surface area contributed by atoms with Gasteiger partial charge in [0.2, 0.25) is 0 Å². The minimum absolute atomic E-state index is 0.175. The van der Waals surface area contributed by atoms with Gasteiger partial charge in [-0.25, -0.2) is 4.98 Å². The van der Waals surface area contributed by atoms with E-state index in [9.17, 15) is 9.90 Å². The number of carbonyl (C=O) groups is 1. The summed E-state index contributed by atoms with van der Waals surface area (Å²) in [4.78, 5) is 16.5. The molecule has 2 rings (SSSR count). The lowest BCUT2D eigenvalue weighted by Crippen LogP contribution is -2.35. The van der Waals surface area contributed by atoms with Gasteiger partial charge in [0.1, 0.15) is 11.1 Å². The Labute approximate surface area is 123 Å². The number of aliphatic hydroxyl groups is 1. The van der Waals surface area contributed by atoms with Crippen LogP contribution in [0.15, 0.2) is 35.7 Å². The molecule has 1 N–H and O–H groups in total. The van der Waals surface area contributed by atoms with Crippen molar-refractivity contribution < 1.29 is 9.90 Å². The van der Waals surface area contributed by atoms with Gasteiger partial charge in [-0.2, -0.15) is 0 Å². The molecule has 0 aliphatic carbocycles. The Morgan fingerprint density at radius 1 is 1.30 bits per heavy atom. The van der Waals surface area contributed by atoms with Crippen molar-refractivity contribution in [2.24, 2.45) is 5.41 Å². The predicted molar refractivity (Wildman–Crippen MR) is 81.7 cm³/mol. The molecule has 0 spiro atoms. The number of hydrogen-bond donors (Lipinski definition) is 1. The van der Waals surface area contributed by atoms with Crippen molar-refractivity contribution in [1.29, 1.82) is 0 Å². The topological polar surface area (TPSA) is 50.2 Å². The minimum Gasteiger partial charge on any atom is -0.385 e. The first kappa shape index (κ1) is 14.9. The third kappa shape index (κ3) is 3.52. The van der Waals surface area contributed by atoms with Crippen molar-refractivity contribution in [3.63, 3.8) is 0 Å². The molecular weight excluding hydrogens is 270 g/mol. The van der Waals surface area contributed by atoms with Gasteiger partial charge in [-0.15, -0.1) is 11.3 Å². The van der Waals surface area contributed by atoms with E-state index in [-0.39, 0.29) is 12.2 Å². The quantitative estimate of drug-likeness (QED) is 0.939. The highest BCUT2D eigenvalue weighted by Crippen LogP contribution is 2.24. The highest BCUT2D eigenvalue weighted by Gasteiger charge is 2.29. The van der Waals surface area contributed by atoms with Crippen LogP contribution in [0, 0.1) is 5.41 Å². The number of aliphatic hydroxyl groups excluding tert-OH is 1.